The third-order valence-corrected chi connectivity index (χ3v) is 5.95. The van der Waals surface area contributed by atoms with Crippen LogP contribution in [0.4, 0.5) is 5.69 Å². The van der Waals surface area contributed by atoms with Crippen molar-refractivity contribution in [1.82, 2.24) is 10.6 Å². The lowest BCUT2D eigenvalue weighted by atomic mass is 9.89. The largest absolute Gasteiger partial charge is 0.350 e. The second kappa shape index (κ2) is 6.79. The Labute approximate surface area is 148 Å². The molecular formula is C20H27N3O2. The summed E-state index contributed by atoms with van der Waals surface area (Å²) in [6.07, 6.45) is 6.76. The fraction of sp³-hybridized carbons (Fsp3) is 0.600. The summed E-state index contributed by atoms with van der Waals surface area (Å²) in [5, 5.41) is 9.70. The fourth-order valence-electron chi connectivity index (χ4n) is 4.66. The van der Waals surface area contributed by atoms with Gasteiger partial charge in [-0.2, -0.15) is 0 Å². The van der Waals surface area contributed by atoms with E-state index in [0.717, 1.165) is 36.1 Å². The van der Waals surface area contributed by atoms with E-state index in [1.165, 1.54) is 12.8 Å². The van der Waals surface area contributed by atoms with Crippen molar-refractivity contribution in [2.24, 2.45) is 5.92 Å². The topological polar surface area (TPSA) is 70.2 Å². The number of carbonyl (C=O) groups is 2. The monoisotopic (exact) mass is 341 g/mol. The van der Waals surface area contributed by atoms with Crippen LogP contribution in [0.2, 0.25) is 0 Å². The Kier molecular flexibility index (Phi) is 4.50. The first kappa shape index (κ1) is 16.6. The molecule has 3 aliphatic rings. The maximum atomic E-state index is 12.5. The van der Waals surface area contributed by atoms with Gasteiger partial charge in [0.05, 0.1) is 6.04 Å². The van der Waals surface area contributed by atoms with Gasteiger partial charge < -0.3 is 16.0 Å². The molecule has 0 spiro atoms. The molecule has 3 heterocycles. The minimum atomic E-state index is -0.00568. The third-order valence-electron chi connectivity index (χ3n) is 5.95. The number of amides is 2. The Bertz CT molecular complexity index is 676. The molecule has 0 aromatic heterocycles. The van der Waals surface area contributed by atoms with Crippen molar-refractivity contribution in [1.29, 1.82) is 0 Å². The van der Waals surface area contributed by atoms with E-state index in [4.69, 9.17) is 0 Å². The molecule has 25 heavy (non-hydrogen) atoms. The molecule has 1 aromatic carbocycles. The van der Waals surface area contributed by atoms with Crippen LogP contribution in [-0.4, -0.2) is 23.9 Å². The number of rotatable bonds is 4. The van der Waals surface area contributed by atoms with Gasteiger partial charge in [-0.3, -0.25) is 9.59 Å². The fourth-order valence-corrected chi connectivity index (χ4v) is 4.66. The van der Waals surface area contributed by atoms with E-state index in [1.54, 1.807) is 0 Å². The average molecular weight is 341 g/mol. The van der Waals surface area contributed by atoms with Gasteiger partial charge in [0.1, 0.15) is 0 Å². The molecule has 2 bridgehead atoms. The van der Waals surface area contributed by atoms with E-state index in [0.29, 0.717) is 30.8 Å². The van der Waals surface area contributed by atoms with Crippen LogP contribution >= 0.6 is 0 Å². The quantitative estimate of drug-likeness (QED) is 0.788. The van der Waals surface area contributed by atoms with Crippen molar-refractivity contribution in [3.05, 3.63) is 29.3 Å². The van der Waals surface area contributed by atoms with Gasteiger partial charge in [-0.1, -0.05) is 12.1 Å². The van der Waals surface area contributed by atoms with Crippen LogP contribution in [0, 0.1) is 5.92 Å². The number of carbonyl (C=O) groups excluding carboxylic acids is 2. The van der Waals surface area contributed by atoms with Gasteiger partial charge in [0, 0.05) is 30.6 Å². The van der Waals surface area contributed by atoms with Crippen molar-refractivity contribution in [2.45, 2.75) is 70.0 Å². The summed E-state index contributed by atoms with van der Waals surface area (Å²) in [6.45, 7) is 2.03. The molecule has 2 fully saturated rings. The Morgan fingerprint density at radius 1 is 1.24 bits per heavy atom. The molecule has 134 valence electrons. The highest BCUT2D eigenvalue weighted by atomic mass is 16.2. The highest BCUT2D eigenvalue weighted by Gasteiger charge is 2.34. The van der Waals surface area contributed by atoms with Gasteiger partial charge in [0.2, 0.25) is 11.8 Å². The summed E-state index contributed by atoms with van der Waals surface area (Å²) < 4.78 is 0. The molecule has 2 saturated heterocycles. The van der Waals surface area contributed by atoms with E-state index in [1.807, 2.05) is 19.1 Å². The Morgan fingerprint density at radius 2 is 2.00 bits per heavy atom. The summed E-state index contributed by atoms with van der Waals surface area (Å²) in [6, 6.07) is 7.32. The second-order valence-corrected chi connectivity index (χ2v) is 7.93. The number of aryl methyl sites for hydroxylation is 1. The second-order valence-electron chi connectivity index (χ2n) is 7.93. The molecular weight excluding hydrogens is 314 g/mol. The summed E-state index contributed by atoms with van der Waals surface area (Å²) in [4.78, 5) is 23.9. The Hall–Kier alpha value is -1.88. The zero-order valence-corrected chi connectivity index (χ0v) is 14.8. The van der Waals surface area contributed by atoms with E-state index < -0.39 is 0 Å². The molecule has 2 amide bonds. The molecule has 3 atom stereocenters. The van der Waals surface area contributed by atoms with Crippen molar-refractivity contribution in [2.75, 3.05) is 5.32 Å². The minimum absolute atomic E-state index is 0.00568. The molecule has 4 rings (SSSR count). The van der Waals surface area contributed by atoms with Crippen LogP contribution in [0.25, 0.3) is 0 Å². The predicted molar refractivity (Wildman–Crippen MR) is 97.2 cm³/mol. The first-order chi connectivity index (χ1) is 12.1. The normalized spacial score (nSPS) is 28.8. The van der Waals surface area contributed by atoms with E-state index in [9.17, 15) is 9.59 Å². The molecule has 0 saturated carbocycles. The van der Waals surface area contributed by atoms with Gasteiger partial charge in [-0.25, -0.2) is 0 Å². The van der Waals surface area contributed by atoms with Crippen molar-refractivity contribution in [3.8, 4) is 0 Å². The van der Waals surface area contributed by atoms with Crippen LogP contribution in [0.1, 0.15) is 62.6 Å². The molecule has 5 heteroatoms. The molecule has 3 N–H and O–H groups in total. The molecule has 3 unspecified atom stereocenters. The summed E-state index contributed by atoms with van der Waals surface area (Å²) in [5.74, 6) is 0.757. The van der Waals surface area contributed by atoms with Crippen LogP contribution in [-0.2, 0) is 16.0 Å². The van der Waals surface area contributed by atoms with Crippen molar-refractivity contribution >= 4 is 17.5 Å². The lowest BCUT2D eigenvalue weighted by molar-refractivity contribution is -0.123. The average Bonchev–Trinajstić information content (AvgIpc) is 2.92. The Balaban J connectivity index is 1.34. The van der Waals surface area contributed by atoms with E-state index in [-0.39, 0.29) is 17.9 Å². The first-order valence-electron chi connectivity index (χ1n) is 9.55. The van der Waals surface area contributed by atoms with Crippen molar-refractivity contribution < 1.29 is 9.59 Å². The third kappa shape index (κ3) is 3.71. The zero-order valence-electron chi connectivity index (χ0n) is 14.8. The van der Waals surface area contributed by atoms with Crippen LogP contribution in [0.3, 0.4) is 0 Å². The highest BCUT2D eigenvalue weighted by Crippen LogP contribution is 2.33. The van der Waals surface area contributed by atoms with Crippen LogP contribution < -0.4 is 16.0 Å². The lowest BCUT2D eigenvalue weighted by Crippen LogP contribution is -2.40. The summed E-state index contributed by atoms with van der Waals surface area (Å²) in [5.41, 5.74) is 3.17. The van der Waals surface area contributed by atoms with Gasteiger partial charge in [-0.15, -0.1) is 0 Å². The van der Waals surface area contributed by atoms with E-state index in [2.05, 4.69) is 22.0 Å². The minimum Gasteiger partial charge on any atom is -0.350 e. The van der Waals surface area contributed by atoms with Gasteiger partial charge in [0.15, 0.2) is 0 Å². The van der Waals surface area contributed by atoms with Gasteiger partial charge in [-0.05, 0) is 62.1 Å². The number of anilines is 1. The van der Waals surface area contributed by atoms with E-state index >= 15 is 0 Å². The van der Waals surface area contributed by atoms with Gasteiger partial charge in [0.25, 0.3) is 0 Å². The summed E-state index contributed by atoms with van der Waals surface area (Å²) >= 11 is 0. The first-order valence-corrected chi connectivity index (χ1v) is 9.55. The summed E-state index contributed by atoms with van der Waals surface area (Å²) in [7, 11) is 0. The number of benzene rings is 1. The number of fused-ring (bicyclic) bond motifs is 3. The smallest absolute Gasteiger partial charge is 0.224 e. The van der Waals surface area contributed by atoms with Crippen LogP contribution in [0.15, 0.2) is 18.2 Å². The predicted octanol–water partition coefficient (Wildman–Crippen LogP) is 2.67. The molecule has 0 radical (unpaired) electrons. The number of piperidine rings is 1. The molecule has 3 aliphatic heterocycles. The number of hydrogen-bond acceptors (Lipinski definition) is 3. The maximum absolute atomic E-state index is 12.5. The number of hydrogen-bond donors (Lipinski definition) is 3. The highest BCUT2D eigenvalue weighted by molar-refractivity contribution is 5.93. The Morgan fingerprint density at radius 3 is 2.76 bits per heavy atom. The maximum Gasteiger partial charge on any atom is 0.224 e. The van der Waals surface area contributed by atoms with Crippen molar-refractivity contribution in [3.63, 3.8) is 0 Å². The SMILES string of the molecule is CC(NC(=O)CC1CC2CCC(C1)N2)c1ccc2c(c1)CCC(=O)N2. The molecule has 5 nitrogen and oxygen atoms in total. The molecule has 1 aromatic rings. The molecule has 0 aliphatic carbocycles. The zero-order chi connectivity index (χ0) is 17.4. The van der Waals surface area contributed by atoms with Gasteiger partial charge >= 0.3 is 0 Å². The number of nitrogens with one attached hydrogen (secondary N) is 3. The lowest BCUT2D eigenvalue weighted by Gasteiger charge is -2.29. The van der Waals surface area contributed by atoms with Crippen LogP contribution in [0.5, 0.6) is 0 Å². The standard InChI is InChI=1S/C20H27N3O2/c1-12(14-2-6-18-15(11-14)3-7-19(24)23-18)21-20(25)10-13-8-16-4-5-17(9-13)22-16/h2,6,11-13,16-17,22H,3-5,7-10H2,1H3,(H,21,25)(H,23,24).